The molecule has 0 aromatic carbocycles. The summed E-state index contributed by atoms with van der Waals surface area (Å²) >= 11 is 0. The molecule has 2 atom stereocenters. The number of hydrogen-bond donors (Lipinski definition) is 1. The molecule has 1 aromatic heterocycles. The summed E-state index contributed by atoms with van der Waals surface area (Å²) in [7, 11) is 0. The van der Waals surface area contributed by atoms with Crippen LogP contribution in [-0.2, 0) is 13.1 Å². The predicted octanol–water partition coefficient (Wildman–Crippen LogP) is 2.81. The summed E-state index contributed by atoms with van der Waals surface area (Å²) in [5, 5.41) is 3.53. The van der Waals surface area contributed by atoms with E-state index in [0.29, 0.717) is 0 Å². The molecule has 0 radical (unpaired) electrons. The number of pyridine rings is 1. The van der Waals surface area contributed by atoms with Gasteiger partial charge in [0.05, 0.1) is 5.69 Å². The van der Waals surface area contributed by atoms with Crippen LogP contribution < -0.4 is 5.32 Å². The van der Waals surface area contributed by atoms with Gasteiger partial charge in [0.15, 0.2) is 0 Å². The Hall–Kier alpha value is -0.930. The van der Waals surface area contributed by atoms with E-state index in [4.69, 9.17) is 0 Å². The smallest absolute Gasteiger partial charge is 0.0544 e. The Bertz CT molecular complexity index is 414. The lowest BCUT2D eigenvalue weighted by atomic mass is 9.92. The molecule has 1 aliphatic heterocycles. The molecule has 1 saturated heterocycles. The van der Waals surface area contributed by atoms with Crippen molar-refractivity contribution >= 4 is 0 Å². The topological polar surface area (TPSA) is 28.2 Å². The van der Waals surface area contributed by atoms with Gasteiger partial charge >= 0.3 is 0 Å². The molecule has 3 heteroatoms. The number of likely N-dealkylation sites (tertiary alicyclic amines) is 1. The highest BCUT2D eigenvalue weighted by Crippen LogP contribution is 2.22. The Labute approximate surface area is 122 Å². The molecule has 2 unspecified atom stereocenters. The molecule has 0 amide bonds. The lowest BCUT2D eigenvalue weighted by Crippen LogP contribution is -2.38. The molecule has 1 aliphatic carbocycles. The minimum atomic E-state index is 0.769. The number of nitrogens with one attached hydrogen (secondary N) is 1. The van der Waals surface area contributed by atoms with E-state index in [0.717, 1.165) is 31.0 Å². The molecule has 3 rings (SSSR count). The van der Waals surface area contributed by atoms with Crippen LogP contribution >= 0.6 is 0 Å². The van der Waals surface area contributed by atoms with E-state index < -0.39 is 0 Å². The van der Waals surface area contributed by atoms with Crippen LogP contribution in [-0.4, -0.2) is 29.0 Å². The van der Waals surface area contributed by atoms with Gasteiger partial charge in [0.2, 0.25) is 0 Å². The van der Waals surface area contributed by atoms with Crippen LogP contribution in [0.15, 0.2) is 18.3 Å². The maximum absolute atomic E-state index is 4.64. The van der Waals surface area contributed by atoms with Gasteiger partial charge in [-0.25, -0.2) is 0 Å². The standard InChI is InChI=1S/C17H27N3/c1-13-7-14(2)11-20(10-13)12-17-4-3-15(9-19-17)8-18-16-5-6-16/h3-4,9,13-14,16,18H,5-8,10-12H2,1-2H3. The number of piperidine rings is 1. The Morgan fingerprint density at radius 1 is 1.20 bits per heavy atom. The summed E-state index contributed by atoms with van der Waals surface area (Å²) < 4.78 is 0. The van der Waals surface area contributed by atoms with Crippen LogP contribution in [0.1, 0.15) is 44.4 Å². The third-order valence-corrected chi connectivity index (χ3v) is 4.39. The fourth-order valence-corrected chi connectivity index (χ4v) is 3.35. The van der Waals surface area contributed by atoms with E-state index >= 15 is 0 Å². The number of nitrogens with zero attached hydrogens (tertiary/aromatic N) is 2. The van der Waals surface area contributed by atoms with Crippen LogP contribution in [0, 0.1) is 11.8 Å². The van der Waals surface area contributed by atoms with Crippen LogP contribution in [0.5, 0.6) is 0 Å². The zero-order valence-corrected chi connectivity index (χ0v) is 12.8. The molecule has 1 N–H and O–H groups in total. The van der Waals surface area contributed by atoms with Gasteiger partial charge in [-0.15, -0.1) is 0 Å². The van der Waals surface area contributed by atoms with Gasteiger partial charge in [-0.1, -0.05) is 19.9 Å². The van der Waals surface area contributed by atoms with E-state index in [1.807, 2.05) is 6.20 Å². The van der Waals surface area contributed by atoms with Crippen LogP contribution in [0.2, 0.25) is 0 Å². The summed E-state index contributed by atoms with van der Waals surface area (Å²) in [6.45, 7) is 9.14. The zero-order valence-electron chi connectivity index (χ0n) is 12.8. The minimum Gasteiger partial charge on any atom is -0.310 e. The molecule has 1 aromatic rings. The Morgan fingerprint density at radius 2 is 1.95 bits per heavy atom. The second kappa shape index (κ2) is 6.23. The normalized spacial score (nSPS) is 27.7. The molecule has 2 aliphatic rings. The first-order chi connectivity index (χ1) is 9.69. The first-order valence-electron chi connectivity index (χ1n) is 8.08. The molecule has 20 heavy (non-hydrogen) atoms. The van der Waals surface area contributed by atoms with Crippen LogP contribution in [0.4, 0.5) is 0 Å². The van der Waals surface area contributed by atoms with Crippen molar-refractivity contribution in [1.29, 1.82) is 0 Å². The lowest BCUT2D eigenvalue weighted by molar-refractivity contribution is 0.133. The van der Waals surface area contributed by atoms with Crippen molar-refractivity contribution < 1.29 is 0 Å². The molecule has 2 fully saturated rings. The van der Waals surface area contributed by atoms with Crippen molar-refractivity contribution in [2.45, 2.75) is 52.2 Å². The lowest BCUT2D eigenvalue weighted by Gasteiger charge is -2.34. The number of aromatic nitrogens is 1. The monoisotopic (exact) mass is 273 g/mol. The van der Waals surface area contributed by atoms with Gasteiger partial charge in [0.1, 0.15) is 0 Å². The first-order valence-corrected chi connectivity index (χ1v) is 8.08. The largest absolute Gasteiger partial charge is 0.310 e. The van der Waals surface area contributed by atoms with Gasteiger partial charge < -0.3 is 5.32 Å². The SMILES string of the molecule is CC1CC(C)CN(Cc2ccc(CNC3CC3)cn2)C1. The molecular weight excluding hydrogens is 246 g/mol. The van der Waals surface area contributed by atoms with Gasteiger partial charge in [0, 0.05) is 38.4 Å². The molecule has 110 valence electrons. The predicted molar refractivity (Wildman–Crippen MR) is 82.3 cm³/mol. The molecule has 1 saturated carbocycles. The van der Waals surface area contributed by atoms with E-state index in [1.54, 1.807) is 0 Å². The molecule has 0 bridgehead atoms. The molecule has 0 spiro atoms. The van der Waals surface area contributed by atoms with Gasteiger partial charge in [0.25, 0.3) is 0 Å². The highest BCUT2D eigenvalue weighted by molar-refractivity contribution is 5.14. The minimum absolute atomic E-state index is 0.769. The maximum Gasteiger partial charge on any atom is 0.0544 e. The second-order valence-corrected chi connectivity index (χ2v) is 6.95. The summed E-state index contributed by atoms with van der Waals surface area (Å²) in [6.07, 6.45) is 6.10. The Kier molecular flexibility index (Phi) is 4.37. The van der Waals surface area contributed by atoms with E-state index in [1.165, 1.54) is 43.6 Å². The maximum atomic E-state index is 4.64. The fourth-order valence-electron chi connectivity index (χ4n) is 3.35. The highest BCUT2D eigenvalue weighted by Gasteiger charge is 2.22. The van der Waals surface area contributed by atoms with E-state index in [9.17, 15) is 0 Å². The Balaban J connectivity index is 1.51. The average Bonchev–Trinajstić information content (AvgIpc) is 3.21. The molecular formula is C17H27N3. The second-order valence-electron chi connectivity index (χ2n) is 6.95. The first kappa shape index (κ1) is 14.0. The van der Waals surface area contributed by atoms with E-state index in [2.05, 4.69) is 41.2 Å². The summed E-state index contributed by atoms with van der Waals surface area (Å²) in [6, 6.07) is 5.20. The summed E-state index contributed by atoms with van der Waals surface area (Å²) in [5.41, 5.74) is 2.52. The third kappa shape index (κ3) is 4.03. The highest BCUT2D eigenvalue weighted by atomic mass is 15.1. The zero-order chi connectivity index (χ0) is 13.9. The van der Waals surface area contributed by atoms with Crippen LogP contribution in [0.3, 0.4) is 0 Å². The van der Waals surface area contributed by atoms with Crippen molar-refractivity contribution in [3.05, 3.63) is 29.6 Å². The summed E-state index contributed by atoms with van der Waals surface area (Å²) in [5.74, 6) is 1.64. The quantitative estimate of drug-likeness (QED) is 0.894. The third-order valence-electron chi connectivity index (χ3n) is 4.39. The Morgan fingerprint density at radius 3 is 2.55 bits per heavy atom. The van der Waals surface area contributed by atoms with E-state index in [-0.39, 0.29) is 0 Å². The van der Waals surface area contributed by atoms with Crippen molar-refractivity contribution in [3.63, 3.8) is 0 Å². The van der Waals surface area contributed by atoms with Gasteiger partial charge in [-0.05, 0) is 42.7 Å². The average molecular weight is 273 g/mol. The van der Waals surface area contributed by atoms with Gasteiger partial charge in [-0.3, -0.25) is 9.88 Å². The fraction of sp³-hybridized carbons (Fsp3) is 0.706. The van der Waals surface area contributed by atoms with Crippen molar-refractivity contribution in [1.82, 2.24) is 15.2 Å². The summed E-state index contributed by atoms with van der Waals surface area (Å²) in [4.78, 5) is 7.20. The van der Waals surface area contributed by atoms with Crippen molar-refractivity contribution in [2.75, 3.05) is 13.1 Å². The van der Waals surface area contributed by atoms with Crippen LogP contribution in [0.25, 0.3) is 0 Å². The van der Waals surface area contributed by atoms with Crippen molar-refractivity contribution in [3.8, 4) is 0 Å². The molecule has 2 heterocycles. The number of hydrogen-bond acceptors (Lipinski definition) is 3. The molecule has 3 nitrogen and oxygen atoms in total. The number of rotatable bonds is 5. The van der Waals surface area contributed by atoms with Crippen molar-refractivity contribution in [2.24, 2.45) is 11.8 Å². The van der Waals surface area contributed by atoms with Gasteiger partial charge in [-0.2, -0.15) is 0 Å².